The Hall–Kier alpha value is -2.36. The van der Waals surface area contributed by atoms with Crippen molar-refractivity contribution >= 4 is 23.7 Å². The summed E-state index contributed by atoms with van der Waals surface area (Å²) in [7, 11) is 0. The van der Waals surface area contributed by atoms with Gasteiger partial charge in [0.05, 0.1) is 25.7 Å². The molecule has 4 rings (SSSR count). The Morgan fingerprint density at radius 1 is 1.25 bits per heavy atom. The molecule has 8 nitrogen and oxygen atoms in total. The fourth-order valence-corrected chi connectivity index (χ4v) is 4.38. The first-order valence-corrected chi connectivity index (χ1v) is 10.1. The first-order valence-electron chi connectivity index (χ1n) is 9.12. The van der Waals surface area contributed by atoms with Crippen molar-refractivity contribution in [3.05, 3.63) is 46.7 Å². The molecule has 150 valence electrons. The summed E-state index contributed by atoms with van der Waals surface area (Å²) < 4.78 is 5.83. The van der Waals surface area contributed by atoms with E-state index in [1.807, 2.05) is 23.8 Å². The standard InChI is InChI=1S/C18H22N4O2S.CH2O2/c23-18(3-14-1-2-25-12-14)22-8-16-7-21(9-17(22)11-24-10-16)6-15-4-19-13-20-5-15;2-1-3/h1-2,4-5,12-13,16-17H,3,6-11H2;1H,(H,2,3)/t16-,17-;/m0./s1. The van der Waals surface area contributed by atoms with Crippen LogP contribution in [0.2, 0.25) is 0 Å². The predicted octanol–water partition coefficient (Wildman–Crippen LogP) is 1.14. The maximum absolute atomic E-state index is 12.9. The van der Waals surface area contributed by atoms with Crippen molar-refractivity contribution in [2.24, 2.45) is 5.92 Å². The van der Waals surface area contributed by atoms with E-state index in [1.54, 1.807) is 17.7 Å². The van der Waals surface area contributed by atoms with Crippen LogP contribution in [0.25, 0.3) is 0 Å². The number of nitrogens with zero attached hydrogens (tertiary/aromatic N) is 4. The Bertz CT molecular complexity index is 744. The van der Waals surface area contributed by atoms with Gasteiger partial charge < -0.3 is 14.7 Å². The number of aromatic nitrogens is 2. The van der Waals surface area contributed by atoms with E-state index in [1.165, 1.54) is 0 Å². The van der Waals surface area contributed by atoms with Gasteiger partial charge in [0.25, 0.3) is 6.47 Å². The van der Waals surface area contributed by atoms with Crippen LogP contribution in [0.15, 0.2) is 35.5 Å². The molecule has 4 heterocycles. The molecule has 2 saturated heterocycles. The highest BCUT2D eigenvalue weighted by Crippen LogP contribution is 2.22. The lowest BCUT2D eigenvalue weighted by Gasteiger charge is -2.31. The normalized spacial score (nSPS) is 21.9. The second-order valence-electron chi connectivity index (χ2n) is 6.96. The molecule has 0 radical (unpaired) electrons. The molecule has 2 aromatic heterocycles. The average Bonchev–Trinajstić information content (AvgIpc) is 3.01. The molecule has 0 aliphatic carbocycles. The third-order valence-corrected chi connectivity index (χ3v) is 5.55. The number of hydrogen-bond donors (Lipinski definition) is 1. The van der Waals surface area contributed by atoms with Crippen molar-refractivity contribution in [2.75, 3.05) is 32.8 Å². The minimum atomic E-state index is -0.250. The third kappa shape index (κ3) is 5.57. The Balaban J connectivity index is 0.000000706. The van der Waals surface area contributed by atoms with Gasteiger partial charge in [0.15, 0.2) is 0 Å². The van der Waals surface area contributed by atoms with Crippen molar-refractivity contribution in [1.82, 2.24) is 19.8 Å². The van der Waals surface area contributed by atoms with E-state index >= 15 is 0 Å². The number of carboxylic acid groups (broad SMARTS) is 1. The molecule has 0 saturated carbocycles. The molecule has 1 amide bonds. The first-order chi connectivity index (χ1) is 13.7. The summed E-state index contributed by atoms with van der Waals surface area (Å²) in [5.41, 5.74) is 2.22. The topological polar surface area (TPSA) is 95.9 Å². The van der Waals surface area contributed by atoms with Crippen LogP contribution >= 0.6 is 11.3 Å². The average molecular weight is 404 g/mol. The smallest absolute Gasteiger partial charge is 0.290 e. The van der Waals surface area contributed by atoms with Crippen molar-refractivity contribution in [2.45, 2.75) is 19.0 Å². The van der Waals surface area contributed by atoms with Crippen LogP contribution < -0.4 is 0 Å². The molecule has 0 spiro atoms. The molecule has 28 heavy (non-hydrogen) atoms. The number of hydrogen-bond acceptors (Lipinski definition) is 7. The summed E-state index contributed by atoms with van der Waals surface area (Å²) in [6.07, 6.45) is 5.77. The molecule has 1 N–H and O–H groups in total. The minimum Gasteiger partial charge on any atom is -0.483 e. The first kappa shape index (κ1) is 20.4. The van der Waals surface area contributed by atoms with Gasteiger partial charge in [-0.25, -0.2) is 9.97 Å². The van der Waals surface area contributed by atoms with E-state index in [-0.39, 0.29) is 18.4 Å². The van der Waals surface area contributed by atoms with Crippen molar-refractivity contribution in [3.8, 4) is 0 Å². The maximum atomic E-state index is 12.9. The van der Waals surface area contributed by atoms with Crippen LogP contribution in [0.1, 0.15) is 11.1 Å². The van der Waals surface area contributed by atoms with E-state index in [9.17, 15) is 4.79 Å². The minimum absolute atomic E-state index is 0.114. The zero-order valence-corrected chi connectivity index (χ0v) is 16.3. The highest BCUT2D eigenvalue weighted by molar-refractivity contribution is 7.08. The molecule has 2 fully saturated rings. The van der Waals surface area contributed by atoms with E-state index < -0.39 is 0 Å². The number of fused-ring (bicyclic) bond motifs is 3. The Morgan fingerprint density at radius 3 is 2.75 bits per heavy atom. The summed E-state index contributed by atoms with van der Waals surface area (Å²) >= 11 is 1.64. The molecular formula is C19H24N4O4S. The van der Waals surface area contributed by atoms with Crippen molar-refractivity contribution < 1.29 is 19.4 Å². The quantitative estimate of drug-likeness (QED) is 0.764. The van der Waals surface area contributed by atoms with Gasteiger partial charge in [-0.1, -0.05) is 0 Å². The number of ether oxygens (including phenoxy) is 1. The molecular weight excluding hydrogens is 380 g/mol. The second kappa shape index (κ2) is 10.3. The number of carbonyl (C=O) groups excluding carboxylic acids is 1. The zero-order chi connectivity index (χ0) is 19.8. The number of amides is 1. The summed E-state index contributed by atoms with van der Waals surface area (Å²) in [5.74, 6) is 0.562. The number of rotatable bonds is 4. The zero-order valence-electron chi connectivity index (χ0n) is 15.5. The Morgan fingerprint density at radius 2 is 2.04 bits per heavy atom. The van der Waals surface area contributed by atoms with Gasteiger partial charge in [0.2, 0.25) is 5.91 Å². The number of carbonyl (C=O) groups is 2. The van der Waals surface area contributed by atoms with Crippen LogP contribution in [0.4, 0.5) is 0 Å². The lowest BCUT2D eigenvalue weighted by molar-refractivity contribution is -0.133. The van der Waals surface area contributed by atoms with Gasteiger partial charge in [-0.15, -0.1) is 0 Å². The fraction of sp³-hybridized carbons (Fsp3) is 0.474. The van der Waals surface area contributed by atoms with Crippen LogP contribution in [0.5, 0.6) is 0 Å². The van der Waals surface area contributed by atoms with E-state index in [2.05, 4.69) is 25.1 Å². The van der Waals surface area contributed by atoms with Gasteiger partial charge >= 0.3 is 0 Å². The van der Waals surface area contributed by atoms with Crippen molar-refractivity contribution in [3.63, 3.8) is 0 Å². The lowest BCUT2D eigenvalue weighted by Crippen LogP contribution is -2.47. The van der Waals surface area contributed by atoms with Gasteiger partial charge in [-0.05, 0) is 22.4 Å². The largest absolute Gasteiger partial charge is 0.483 e. The van der Waals surface area contributed by atoms with Crippen LogP contribution in [0, 0.1) is 5.92 Å². The fourth-order valence-electron chi connectivity index (χ4n) is 3.71. The molecule has 2 aliphatic heterocycles. The highest BCUT2D eigenvalue weighted by Gasteiger charge is 2.35. The van der Waals surface area contributed by atoms with Crippen molar-refractivity contribution in [1.29, 1.82) is 0 Å². The molecule has 2 bridgehead atoms. The van der Waals surface area contributed by atoms with E-state index in [4.69, 9.17) is 14.6 Å². The lowest BCUT2D eigenvalue weighted by atomic mass is 10.1. The number of thiophene rings is 1. The predicted molar refractivity (Wildman–Crippen MR) is 104 cm³/mol. The molecule has 0 unspecified atom stereocenters. The van der Waals surface area contributed by atoms with Gasteiger partial charge in [-0.2, -0.15) is 11.3 Å². The van der Waals surface area contributed by atoms with Crippen LogP contribution in [-0.2, 0) is 27.3 Å². The Labute approximate surface area is 167 Å². The second-order valence-corrected chi connectivity index (χ2v) is 7.74. The van der Waals surface area contributed by atoms with E-state index in [0.29, 0.717) is 18.9 Å². The maximum Gasteiger partial charge on any atom is 0.290 e. The summed E-state index contributed by atoms with van der Waals surface area (Å²) in [6.45, 7) is 4.47. The molecule has 0 aromatic carbocycles. The van der Waals surface area contributed by atoms with E-state index in [0.717, 1.165) is 43.9 Å². The monoisotopic (exact) mass is 404 g/mol. The molecule has 2 aliphatic rings. The molecule has 2 aromatic rings. The van der Waals surface area contributed by atoms with Crippen LogP contribution in [-0.4, -0.2) is 76.1 Å². The Kier molecular flexibility index (Phi) is 7.46. The summed E-state index contributed by atoms with van der Waals surface area (Å²) in [5, 5.41) is 11.0. The molecule has 2 atom stereocenters. The SMILES string of the molecule is O=C(Cc1ccsc1)N1C[C@H]2COC[C@@H]1CN(Cc1cncnc1)C2.O=CO. The third-order valence-electron chi connectivity index (χ3n) is 4.82. The highest BCUT2D eigenvalue weighted by atomic mass is 32.1. The van der Waals surface area contributed by atoms with Crippen LogP contribution in [0.3, 0.4) is 0 Å². The van der Waals surface area contributed by atoms with Gasteiger partial charge in [0, 0.05) is 50.1 Å². The van der Waals surface area contributed by atoms with Gasteiger partial charge in [0.1, 0.15) is 6.33 Å². The van der Waals surface area contributed by atoms with Gasteiger partial charge in [-0.3, -0.25) is 14.5 Å². The summed E-state index contributed by atoms with van der Waals surface area (Å²) in [4.78, 5) is 33.9. The molecule has 9 heteroatoms. The summed E-state index contributed by atoms with van der Waals surface area (Å²) in [6, 6.07) is 2.15.